The summed E-state index contributed by atoms with van der Waals surface area (Å²) in [5.41, 5.74) is -0.0266. The molecule has 0 aliphatic rings. The molecule has 98 valence electrons. The third kappa shape index (κ3) is 3.19. The predicted molar refractivity (Wildman–Crippen MR) is 65.2 cm³/mol. The van der Waals surface area contributed by atoms with Crippen molar-refractivity contribution in [2.75, 3.05) is 6.61 Å². The Bertz CT molecular complexity index is 470. The molecular weight excluding hydrogens is 238 g/mol. The zero-order valence-corrected chi connectivity index (χ0v) is 10.3. The van der Waals surface area contributed by atoms with Gasteiger partial charge in [0.05, 0.1) is 22.7 Å². The third-order valence-electron chi connectivity index (χ3n) is 2.53. The highest BCUT2D eigenvalue weighted by Gasteiger charge is 2.19. The van der Waals surface area contributed by atoms with Crippen molar-refractivity contribution in [2.45, 2.75) is 26.7 Å². The van der Waals surface area contributed by atoms with E-state index in [1.165, 1.54) is 6.07 Å². The molecule has 0 fully saturated rings. The maximum absolute atomic E-state index is 10.9. The molecule has 1 aromatic rings. The third-order valence-corrected chi connectivity index (χ3v) is 2.53. The first-order chi connectivity index (χ1) is 8.47. The van der Waals surface area contributed by atoms with E-state index in [0.717, 1.165) is 18.9 Å². The number of hydrogen-bond donors (Lipinski definition) is 1. The van der Waals surface area contributed by atoms with Gasteiger partial charge >= 0.3 is 5.97 Å². The summed E-state index contributed by atoms with van der Waals surface area (Å²) in [6, 6.07) is 2.37. The Hall–Kier alpha value is -2.11. The van der Waals surface area contributed by atoms with Gasteiger partial charge in [-0.05, 0) is 19.4 Å². The monoisotopic (exact) mass is 253 g/mol. The number of carboxylic acids is 1. The maximum atomic E-state index is 10.9. The largest absolute Gasteiger partial charge is 0.493 e. The number of nitro benzene ring substituents is 1. The van der Waals surface area contributed by atoms with Crippen molar-refractivity contribution in [3.05, 3.63) is 33.4 Å². The topological polar surface area (TPSA) is 89.7 Å². The van der Waals surface area contributed by atoms with Gasteiger partial charge in [-0.15, -0.1) is 0 Å². The fourth-order valence-corrected chi connectivity index (χ4v) is 1.46. The van der Waals surface area contributed by atoms with Crippen molar-refractivity contribution >= 4 is 11.7 Å². The number of carbonyl (C=O) groups is 1. The van der Waals surface area contributed by atoms with Crippen LogP contribution in [0.5, 0.6) is 5.75 Å². The van der Waals surface area contributed by atoms with Crippen LogP contribution in [0.2, 0.25) is 0 Å². The number of carboxylic acid groups (broad SMARTS) is 1. The van der Waals surface area contributed by atoms with Crippen LogP contribution in [0.15, 0.2) is 12.1 Å². The highest BCUT2D eigenvalue weighted by Crippen LogP contribution is 2.29. The molecular formula is C12H15NO5. The summed E-state index contributed by atoms with van der Waals surface area (Å²) in [6.45, 7) is 3.95. The highest BCUT2D eigenvalue weighted by molar-refractivity contribution is 5.89. The van der Waals surface area contributed by atoms with Crippen molar-refractivity contribution in [1.29, 1.82) is 0 Å². The van der Waals surface area contributed by atoms with Crippen molar-refractivity contribution in [3.63, 3.8) is 0 Å². The molecule has 0 heterocycles. The van der Waals surface area contributed by atoms with Gasteiger partial charge in [0.15, 0.2) is 0 Å². The number of benzene rings is 1. The van der Waals surface area contributed by atoms with Crippen molar-refractivity contribution in [2.24, 2.45) is 0 Å². The fourth-order valence-electron chi connectivity index (χ4n) is 1.46. The summed E-state index contributed by atoms with van der Waals surface area (Å²) < 4.78 is 5.39. The molecule has 0 unspecified atom stereocenters. The van der Waals surface area contributed by atoms with Gasteiger partial charge in [-0.2, -0.15) is 0 Å². The summed E-state index contributed by atoms with van der Waals surface area (Å²) in [6.07, 6.45) is 1.74. The first-order valence-corrected chi connectivity index (χ1v) is 5.62. The van der Waals surface area contributed by atoms with Crippen LogP contribution in [-0.2, 0) is 0 Å². The van der Waals surface area contributed by atoms with Crippen LogP contribution in [0.3, 0.4) is 0 Å². The summed E-state index contributed by atoms with van der Waals surface area (Å²) in [5.74, 6) is -0.950. The maximum Gasteiger partial charge on any atom is 0.336 e. The van der Waals surface area contributed by atoms with Gasteiger partial charge in [-0.1, -0.05) is 13.3 Å². The highest BCUT2D eigenvalue weighted by atomic mass is 16.6. The summed E-state index contributed by atoms with van der Waals surface area (Å²) in [4.78, 5) is 21.1. The Morgan fingerprint density at radius 1 is 1.50 bits per heavy atom. The van der Waals surface area contributed by atoms with E-state index in [1.807, 2.05) is 6.92 Å². The average Bonchev–Trinajstić information content (AvgIpc) is 2.30. The summed E-state index contributed by atoms with van der Waals surface area (Å²) >= 11 is 0. The van der Waals surface area contributed by atoms with Gasteiger partial charge in [0.1, 0.15) is 5.75 Å². The van der Waals surface area contributed by atoms with Gasteiger partial charge < -0.3 is 9.84 Å². The number of ether oxygens (including phenoxy) is 1. The van der Waals surface area contributed by atoms with E-state index in [-0.39, 0.29) is 17.0 Å². The van der Waals surface area contributed by atoms with Gasteiger partial charge in [0.25, 0.3) is 5.69 Å². The molecule has 6 nitrogen and oxygen atoms in total. The van der Waals surface area contributed by atoms with E-state index in [1.54, 1.807) is 6.92 Å². The molecule has 0 amide bonds. The normalized spacial score (nSPS) is 10.1. The molecule has 0 spiro atoms. The Morgan fingerprint density at radius 2 is 2.17 bits per heavy atom. The Kier molecular flexibility index (Phi) is 4.65. The Labute approximate surface area is 104 Å². The first kappa shape index (κ1) is 14.0. The smallest absolute Gasteiger partial charge is 0.336 e. The molecule has 0 aliphatic heterocycles. The summed E-state index contributed by atoms with van der Waals surface area (Å²) in [5, 5.41) is 19.7. The Morgan fingerprint density at radius 3 is 2.67 bits per heavy atom. The van der Waals surface area contributed by atoms with Gasteiger partial charge in [0, 0.05) is 6.07 Å². The molecule has 0 atom stereocenters. The van der Waals surface area contributed by atoms with E-state index in [0.29, 0.717) is 12.2 Å². The molecule has 18 heavy (non-hydrogen) atoms. The number of unbranched alkanes of at least 4 members (excludes halogenated alkanes) is 1. The lowest BCUT2D eigenvalue weighted by atomic mass is 10.1. The molecule has 0 saturated heterocycles. The minimum Gasteiger partial charge on any atom is -0.493 e. The predicted octanol–water partition coefficient (Wildman–Crippen LogP) is 2.78. The number of nitro groups is 1. The number of aromatic carboxylic acids is 1. The second-order valence-corrected chi connectivity index (χ2v) is 3.88. The molecule has 0 radical (unpaired) electrons. The van der Waals surface area contributed by atoms with Gasteiger partial charge in [0.2, 0.25) is 0 Å². The van der Waals surface area contributed by atoms with Crippen LogP contribution >= 0.6 is 0 Å². The lowest BCUT2D eigenvalue weighted by Crippen LogP contribution is -2.04. The van der Waals surface area contributed by atoms with E-state index >= 15 is 0 Å². The van der Waals surface area contributed by atoms with E-state index < -0.39 is 10.9 Å². The van der Waals surface area contributed by atoms with Crippen LogP contribution in [0.1, 0.15) is 35.7 Å². The molecule has 0 aromatic heterocycles. The standard InChI is InChI=1S/C12H15NO5/c1-3-4-5-18-11-7-9(12(14)15)6-10(8(11)2)13(16)17/h6-7H,3-5H2,1-2H3,(H,14,15). The minimum atomic E-state index is -1.21. The van der Waals surface area contributed by atoms with Gasteiger partial charge in [-0.3, -0.25) is 10.1 Å². The van der Waals surface area contributed by atoms with E-state index in [9.17, 15) is 14.9 Å². The van der Waals surface area contributed by atoms with Crippen LogP contribution in [-0.4, -0.2) is 22.6 Å². The molecule has 0 aliphatic carbocycles. The van der Waals surface area contributed by atoms with E-state index in [4.69, 9.17) is 9.84 Å². The lowest BCUT2D eigenvalue weighted by molar-refractivity contribution is -0.385. The second kappa shape index (κ2) is 6.00. The molecule has 0 bridgehead atoms. The van der Waals surface area contributed by atoms with Crippen LogP contribution in [0, 0.1) is 17.0 Å². The number of rotatable bonds is 6. The first-order valence-electron chi connectivity index (χ1n) is 5.62. The molecule has 1 rings (SSSR count). The molecule has 6 heteroatoms. The second-order valence-electron chi connectivity index (χ2n) is 3.88. The lowest BCUT2D eigenvalue weighted by Gasteiger charge is -2.10. The SMILES string of the molecule is CCCCOc1cc(C(=O)O)cc([N+](=O)[O-])c1C. The molecule has 1 aromatic carbocycles. The fraction of sp³-hybridized carbons (Fsp3) is 0.417. The average molecular weight is 253 g/mol. The van der Waals surface area contributed by atoms with Gasteiger partial charge in [-0.25, -0.2) is 4.79 Å². The zero-order valence-electron chi connectivity index (χ0n) is 10.3. The molecule has 0 saturated carbocycles. The molecule has 1 N–H and O–H groups in total. The minimum absolute atomic E-state index is 0.140. The van der Waals surface area contributed by atoms with Crippen LogP contribution in [0.4, 0.5) is 5.69 Å². The zero-order chi connectivity index (χ0) is 13.7. The summed E-state index contributed by atoms with van der Waals surface area (Å²) in [7, 11) is 0. The van der Waals surface area contributed by atoms with Crippen LogP contribution in [0.25, 0.3) is 0 Å². The Balaban J connectivity index is 3.14. The van der Waals surface area contributed by atoms with Crippen molar-refractivity contribution in [3.8, 4) is 5.75 Å². The van der Waals surface area contributed by atoms with Crippen molar-refractivity contribution in [1.82, 2.24) is 0 Å². The number of hydrogen-bond acceptors (Lipinski definition) is 4. The quantitative estimate of drug-likeness (QED) is 0.478. The number of nitrogens with zero attached hydrogens (tertiary/aromatic N) is 1. The van der Waals surface area contributed by atoms with Crippen molar-refractivity contribution < 1.29 is 19.6 Å². The van der Waals surface area contributed by atoms with E-state index in [2.05, 4.69) is 0 Å². The van der Waals surface area contributed by atoms with Crippen LogP contribution < -0.4 is 4.74 Å².